The minimum absolute atomic E-state index is 0.244. The molecule has 0 atom stereocenters. The van der Waals surface area contributed by atoms with Crippen LogP contribution in [0.4, 0.5) is 5.82 Å². The number of hydrogen-bond donors (Lipinski definition) is 2. The molecule has 0 radical (unpaired) electrons. The van der Waals surface area contributed by atoms with Gasteiger partial charge in [-0.15, -0.1) is 0 Å². The first-order chi connectivity index (χ1) is 13.7. The van der Waals surface area contributed by atoms with Crippen molar-refractivity contribution in [3.05, 3.63) is 35.9 Å². The second-order valence-corrected chi connectivity index (χ2v) is 7.64. The van der Waals surface area contributed by atoms with Crippen molar-refractivity contribution >= 4 is 11.7 Å². The number of ether oxygens (including phenoxy) is 1. The number of carbonyl (C=O) groups excluding carboxylic acids is 1. The summed E-state index contributed by atoms with van der Waals surface area (Å²) in [5.74, 6) is 0.728. The van der Waals surface area contributed by atoms with E-state index < -0.39 is 5.60 Å². The van der Waals surface area contributed by atoms with E-state index in [0.717, 1.165) is 37.7 Å². The van der Waals surface area contributed by atoms with Crippen LogP contribution in [0.15, 0.2) is 34.9 Å². The van der Waals surface area contributed by atoms with Crippen LogP contribution in [0.2, 0.25) is 0 Å². The Hall–Kier alpha value is -2.38. The molecule has 0 bridgehead atoms. The topological polar surface area (TPSA) is 87.8 Å². The lowest BCUT2D eigenvalue weighted by Gasteiger charge is -2.32. The molecule has 28 heavy (non-hydrogen) atoms. The van der Waals surface area contributed by atoms with E-state index in [1.54, 1.807) is 0 Å². The third-order valence-corrected chi connectivity index (χ3v) is 5.61. The summed E-state index contributed by atoms with van der Waals surface area (Å²) in [7, 11) is 0. The van der Waals surface area contributed by atoms with Crippen molar-refractivity contribution in [1.82, 2.24) is 10.5 Å². The monoisotopic (exact) mass is 385 g/mol. The van der Waals surface area contributed by atoms with Gasteiger partial charge in [0.1, 0.15) is 5.56 Å². The summed E-state index contributed by atoms with van der Waals surface area (Å²) in [5.41, 5.74) is 0.403. The number of benzene rings is 1. The molecule has 0 unspecified atom stereocenters. The standard InChI is InChI=1S/C21H27N3O4/c25-20(22-15-21(26)9-5-2-6-10-21)17-18(16-7-3-1-4-8-16)28-23-19(17)24-11-13-27-14-12-24/h1,3-4,7-8,26H,2,5-6,9-15H2,(H,22,25). The number of nitrogens with zero attached hydrogens (tertiary/aromatic N) is 2. The minimum atomic E-state index is -0.822. The Balaban J connectivity index is 1.60. The molecule has 1 aliphatic carbocycles. The number of aliphatic hydroxyl groups is 1. The van der Waals surface area contributed by atoms with Crippen LogP contribution in [-0.2, 0) is 4.74 Å². The van der Waals surface area contributed by atoms with Crippen molar-refractivity contribution in [2.45, 2.75) is 37.7 Å². The van der Waals surface area contributed by atoms with E-state index in [-0.39, 0.29) is 12.5 Å². The Bertz CT molecular complexity index is 793. The molecule has 1 aromatic carbocycles. The number of amides is 1. The molecule has 7 heteroatoms. The zero-order valence-corrected chi connectivity index (χ0v) is 16.0. The molecule has 150 valence electrons. The molecule has 4 rings (SSSR count). The van der Waals surface area contributed by atoms with Crippen LogP contribution in [0.1, 0.15) is 42.5 Å². The molecule has 2 aliphatic rings. The molecule has 2 N–H and O–H groups in total. The first-order valence-corrected chi connectivity index (χ1v) is 10.0. The predicted molar refractivity (Wildman–Crippen MR) is 105 cm³/mol. The third-order valence-electron chi connectivity index (χ3n) is 5.61. The van der Waals surface area contributed by atoms with Crippen molar-refractivity contribution in [3.63, 3.8) is 0 Å². The molecule has 0 spiro atoms. The van der Waals surface area contributed by atoms with Crippen LogP contribution in [-0.4, -0.2) is 54.6 Å². The number of rotatable bonds is 5. The molecule has 1 aliphatic heterocycles. The zero-order chi connectivity index (χ0) is 19.4. The first-order valence-electron chi connectivity index (χ1n) is 10.0. The summed E-state index contributed by atoms with van der Waals surface area (Å²) in [6.45, 7) is 2.74. The highest BCUT2D eigenvalue weighted by atomic mass is 16.5. The van der Waals surface area contributed by atoms with E-state index in [2.05, 4.69) is 10.5 Å². The van der Waals surface area contributed by atoms with Gasteiger partial charge in [-0.3, -0.25) is 4.79 Å². The van der Waals surface area contributed by atoms with Crippen LogP contribution in [0.5, 0.6) is 0 Å². The lowest BCUT2D eigenvalue weighted by atomic mass is 9.85. The van der Waals surface area contributed by atoms with Crippen LogP contribution >= 0.6 is 0 Å². The molecule has 2 heterocycles. The zero-order valence-electron chi connectivity index (χ0n) is 16.0. The Labute approximate surface area is 164 Å². The molecule has 1 saturated carbocycles. The molecule has 1 saturated heterocycles. The van der Waals surface area contributed by atoms with E-state index in [1.165, 1.54) is 0 Å². The molecule has 2 aromatic rings. The molecule has 2 fully saturated rings. The number of hydrogen-bond acceptors (Lipinski definition) is 6. The number of nitrogens with one attached hydrogen (secondary N) is 1. The van der Waals surface area contributed by atoms with E-state index >= 15 is 0 Å². The van der Waals surface area contributed by atoms with E-state index in [0.29, 0.717) is 43.4 Å². The van der Waals surface area contributed by atoms with Gasteiger partial charge in [-0.2, -0.15) is 0 Å². The molecule has 1 aromatic heterocycles. The highest BCUT2D eigenvalue weighted by Crippen LogP contribution is 2.32. The van der Waals surface area contributed by atoms with Crippen molar-refractivity contribution < 1.29 is 19.2 Å². The average Bonchev–Trinajstić information content (AvgIpc) is 3.19. The lowest BCUT2D eigenvalue weighted by molar-refractivity contribution is 0.00526. The van der Waals surface area contributed by atoms with E-state index in [1.807, 2.05) is 35.2 Å². The van der Waals surface area contributed by atoms with Crippen LogP contribution in [0.25, 0.3) is 11.3 Å². The Morgan fingerprint density at radius 1 is 1.14 bits per heavy atom. The van der Waals surface area contributed by atoms with Gasteiger partial charge in [0, 0.05) is 25.2 Å². The molecular formula is C21H27N3O4. The maximum atomic E-state index is 13.2. The predicted octanol–water partition coefficient (Wildman–Crippen LogP) is 2.60. The van der Waals surface area contributed by atoms with Gasteiger partial charge in [0.25, 0.3) is 5.91 Å². The smallest absolute Gasteiger partial charge is 0.259 e. The fourth-order valence-corrected chi connectivity index (χ4v) is 3.98. The van der Waals surface area contributed by atoms with Gasteiger partial charge >= 0.3 is 0 Å². The van der Waals surface area contributed by atoms with Crippen LogP contribution < -0.4 is 10.2 Å². The molecule has 7 nitrogen and oxygen atoms in total. The Morgan fingerprint density at radius 3 is 2.57 bits per heavy atom. The quantitative estimate of drug-likeness (QED) is 0.823. The maximum absolute atomic E-state index is 13.2. The number of aromatic nitrogens is 1. The van der Waals surface area contributed by atoms with Crippen molar-refractivity contribution in [2.24, 2.45) is 0 Å². The highest BCUT2D eigenvalue weighted by Gasteiger charge is 2.32. The van der Waals surface area contributed by atoms with Crippen molar-refractivity contribution in [2.75, 3.05) is 37.7 Å². The largest absolute Gasteiger partial charge is 0.388 e. The summed E-state index contributed by atoms with van der Waals surface area (Å²) in [5, 5.41) is 17.9. The van der Waals surface area contributed by atoms with Gasteiger partial charge in [-0.1, -0.05) is 54.8 Å². The fraction of sp³-hybridized carbons (Fsp3) is 0.524. The van der Waals surface area contributed by atoms with Gasteiger partial charge in [0.2, 0.25) is 0 Å². The van der Waals surface area contributed by atoms with Gasteiger partial charge in [0.15, 0.2) is 11.6 Å². The van der Waals surface area contributed by atoms with Gasteiger partial charge in [0.05, 0.1) is 18.8 Å². The van der Waals surface area contributed by atoms with Gasteiger partial charge < -0.3 is 24.6 Å². The highest BCUT2D eigenvalue weighted by molar-refractivity contribution is 6.04. The Morgan fingerprint density at radius 2 is 1.86 bits per heavy atom. The summed E-state index contributed by atoms with van der Waals surface area (Å²) in [4.78, 5) is 15.2. The summed E-state index contributed by atoms with van der Waals surface area (Å²) in [6.07, 6.45) is 4.57. The molecular weight excluding hydrogens is 358 g/mol. The van der Waals surface area contributed by atoms with Crippen molar-refractivity contribution in [1.29, 1.82) is 0 Å². The number of anilines is 1. The lowest BCUT2D eigenvalue weighted by Crippen LogP contribution is -2.44. The maximum Gasteiger partial charge on any atom is 0.259 e. The number of carbonyl (C=O) groups is 1. The average molecular weight is 385 g/mol. The molecule has 1 amide bonds. The van der Waals surface area contributed by atoms with Crippen LogP contribution in [0, 0.1) is 0 Å². The fourth-order valence-electron chi connectivity index (χ4n) is 3.98. The summed E-state index contributed by atoms with van der Waals surface area (Å²) < 4.78 is 11.0. The SMILES string of the molecule is O=C(NCC1(O)CCCCC1)c1c(N2CCOCC2)noc1-c1ccccc1. The second kappa shape index (κ2) is 8.32. The van der Waals surface area contributed by atoms with E-state index in [4.69, 9.17) is 9.26 Å². The van der Waals surface area contributed by atoms with Crippen molar-refractivity contribution in [3.8, 4) is 11.3 Å². The Kier molecular flexibility index (Phi) is 5.64. The summed E-state index contributed by atoms with van der Waals surface area (Å²) in [6, 6.07) is 9.52. The van der Waals surface area contributed by atoms with Crippen LogP contribution in [0.3, 0.4) is 0 Å². The minimum Gasteiger partial charge on any atom is -0.388 e. The first kappa shape index (κ1) is 19.0. The third kappa shape index (κ3) is 4.05. The normalized spacial score (nSPS) is 19.4. The van der Waals surface area contributed by atoms with Gasteiger partial charge in [-0.05, 0) is 12.8 Å². The second-order valence-electron chi connectivity index (χ2n) is 7.64. The van der Waals surface area contributed by atoms with E-state index in [9.17, 15) is 9.90 Å². The van der Waals surface area contributed by atoms with Gasteiger partial charge in [-0.25, -0.2) is 0 Å². The summed E-state index contributed by atoms with van der Waals surface area (Å²) >= 11 is 0. The number of morpholine rings is 1.